The Labute approximate surface area is 354 Å². The molecule has 0 aliphatic carbocycles. The van der Waals surface area contributed by atoms with Gasteiger partial charge in [-0.2, -0.15) is 21.0 Å². The summed E-state index contributed by atoms with van der Waals surface area (Å²) in [6.07, 6.45) is 3.45. The van der Waals surface area contributed by atoms with Crippen LogP contribution in [0.1, 0.15) is 65.7 Å². The molecule has 0 aliphatic heterocycles. The Bertz CT molecular complexity index is 1170. The summed E-state index contributed by atoms with van der Waals surface area (Å²) in [7, 11) is 0. The Kier molecular flexibility index (Phi) is 46.2. The molecule has 0 bridgehead atoms. The summed E-state index contributed by atoms with van der Waals surface area (Å²) in [5.41, 5.74) is 14.5. The fraction of sp³-hybridized carbons (Fsp3) is 0.769. The molecule has 0 amide bonds. The number of carbonyl (C=O) groups excluding carboxylic acids is 3. The summed E-state index contributed by atoms with van der Waals surface area (Å²) in [5, 5.41) is 58.0. The monoisotopic (exact) mass is 859 g/mol. The fourth-order valence-electron chi connectivity index (χ4n) is 3.46. The van der Waals surface area contributed by atoms with Crippen molar-refractivity contribution < 1.29 is 67.6 Å². The summed E-state index contributed by atoms with van der Waals surface area (Å²) in [6.45, 7) is 10.0. The van der Waals surface area contributed by atoms with Crippen LogP contribution in [-0.4, -0.2) is 162 Å². The van der Waals surface area contributed by atoms with E-state index < -0.39 is 36.4 Å². The lowest BCUT2D eigenvalue weighted by Crippen LogP contribution is -2.53. The van der Waals surface area contributed by atoms with E-state index in [9.17, 15) is 14.4 Å². The number of hydrogen-bond acceptors (Lipinski definition) is 21. The molecule has 0 unspecified atom stereocenters. The van der Waals surface area contributed by atoms with E-state index in [1.807, 2.05) is 24.3 Å². The van der Waals surface area contributed by atoms with Gasteiger partial charge in [0.15, 0.2) is 0 Å². The minimum atomic E-state index is -1.21. The highest BCUT2D eigenvalue weighted by Crippen LogP contribution is 2.08. The molecule has 9 N–H and O–H groups in total. The summed E-state index contributed by atoms with van der Waals surface area (Å²) < 4.78 is 42.0. The van der Waals surface area contributed by atoms with Gasteiger partial charge >= 0.3 is 11.9 Å². The van der Waals surface area contributed by atoms with Crippen LogP contribution in [-0.2, 0) is 52.3 Å². The van der Waals surface area contributed by atoms with Crippen LogP contribution >= 0.6 is 0 Å². The molecular formula is C39H69N7O14. The maximum atomic E-state index is 11.3. The molecule has 0 radical (unpaired) electrons. The van der Waals surface area contributed by atoms with Crippen molar-refractivity contribution in [3.63, 3.8) is 0 Å². The van der Waals surface area contributed by atoms with Gasteiger partial charge in [0.25, 0.3) is 0 Å². The van der Waals surface area contributed by atoms with Crippen LogP contribution in [0.5, 0.6) is 0 Å². The van der Waals surface area contributed by atoms with Crippen molar-refractivity contribution in [1.82, 2.24) is 0 Å². The van der Waals surface area contributed by atoms with Gasteiger partial charge in [0, 0.05) is 6.42 Å². The normalized spacial score (nSPS) is 10.6. The zero-order valence-corrected chi connectivity index (χ0v) is 35.6. The van der Waals surface area contributed by atoms with Gasteiger partial charge in [-0.25, -0.2) is 0 Å². The molecule has 344 valence electrons. The molecule has 0 aromatic rings. The largest absolute Gasteiger partial charge is 0.466 e. The van der Waals surface area contributed by atoms with E-state index in [4.69, 9.17) is 91.5 Å². The Hall–Kier alpha value is -4.17. The number of Topliss-reactive ketones (excluding diaryl/α,β-unsaturated/α-hetero) is 1. The summed E-state index contributed by atoms with van der Waals surface area (Å²) >= 11 is 0. The van der Waals surface area contributed by atoms with Crippen molar-refractivity contribution >= 4 is 17.7 Å². The van der Waals surface area contributed by atoms with Crippen molar-refractivity contribution in [3.05, 3.63) is 12.7 Å². The molecule has 0 fully saturated rings. The number of ketones is 1. The van der Waals surface area contributed by atoms with Crippen molar-refractivity contribution in [2.24, 2.45) is 17.2 Å². The van der Waals surface area contributed by atoms with Crippen molar-refractivity contribution in [3.8, 4) is 24.3 Å². The van der Waals surface area contributed by atoms with Gasteiger partial charge in [0.1, 0.15) is 5.78 Å². The van der Waals surface area contributed by atoms with E-state index >= 15 is 0 Å². The predicted molar refractivity (Wildman–Crippen MR) is 216 cm³/mol. The summed E-state index contributed by atoms with van der Waals surface area (Å²) in [6, 6.07) is 7.82. The number of carbonyl (C=O) groups is 3. The number of esters is 2. The zero-order chi connectivity index (χ0) is 46.4. The third kappa shape index (κ3) is 44.9. The lowest BCUT2D eigenvalue weighted by atomic mass is 10.1. The van der Waals surface area contributed by atoms with Crippen LogP contribution in [0.2, 0.25) is 0 Å². The summed E-state index contributed by atoms with van der Waals surface area (Å²) in [5.74, 6) is -0.666. The number of nitrogens with two attached hydrogens (primary N) is 3. The molecule has 0 saturated carbocycles. The first-order valence-electron chi connectivity index (χ1n) is 19.2. The minimum Gasteiger partial charge on any atom is -0.466 e. The first-order valence-corrected chi connectivity index (χ1v) is 19.2. The van der Waals surface area contributed by atoms with E-state index in [1.54, 1.807) is 19.9 Å². The first kappa shape index (κ1) is 62.5. The van der Waals surface area contributed by atoms with Crippen molar-refractivity contribution in [1.29, 1.82) is 21.0 Å². The quantitative estimate of drug-likeness (QED) is 0.0284. The first-order chi connectivity index (χ1) is 28.6. The van der Waals surface area contributed by atoms with Gasteiger partial charge in [0.05, 0.1) is 192 Å². The Balaban J connectivity index is -0.000000412. The van der Waals surface area contributed by atoms with E-state index in [-0.39, 0.29) is 90.0 Å². The highest BCUT2D eigenvalue weighted by molar-refractivity contribution is 5.75. The average Bonchev–Trinajstić information content (AvgIpc) is 3.23. The second kappa shape index (κ2) is 44.4. The second-order valence-corrected chi connectivity index (χ2v) is 12.8. The highest BCUT2D eigenvalue weighted by Gasteiger charge is 2.28. The smallest absolute Gasteiger partial charge is 0.308 e. The minimum absolute atomic E-state index is 0.0222. The maximum Gasteiger partial charge on any atom is 0.308 e. The number of nitriles is 4. The molecule has 0 rings (SSSR count). The highest BCUT2D eigenvalue weighted by atomic mass is 16.5. The molecule has 0 aliphatic rings. The Morgan fingerprint density at radius 2 is 0.850 bits per heavy atom. The number of hydrogen-bond donors (Lipinski definition) is 6. The molecule has 0 aromatic heterocycles. The van der Waals surface area contributed by atoms with E-state index in [0.717, 1.165) is 0 Å². The van der Waals surface area contributed by atoms with E-state index in [2.05, 4.69) is 6.58 Å². The van der Waals surface area contributed by atoms with Crippen molar-refractivity contribution in [2.45, 2.75) is 82.3 Å². The number of ether oxygens (including phenoxy) is 8. The van der Waals surface area contributed by atoms with Gasteiger partial charge in [-0.15, -0.1) is 6.58 Å². The molecule has 0 heterocycles. The second-order valence-electron chi connectivity index (χ2n) is 12.8. The topological polar surface area (TPSA) is 359 Å². The number of rotatable bonds is 33. The fourth-order valence-corrected chi connectivity index (χ4v) is 3.46. The van der Waals surface area contributed by atoms with E-state index in [0.29, 0.717) is 65.1 Å². The van der Waals surface area contributed by atoms with Crippen LogP contribution < -0.4 is 17.2 Å². The zero-order valence-electron chi connectivity index (χ0n) is 35.6. The Morgan fingerprint density at radius 1 is 0.550 bits per heavy atom. The van der Waals surface area contributed by atoms with Crippen LogP contribution in [0.4, 0.5) is 0 Å². The van der Waals surface area contributed by atoms with Gasteiger partial charge in [-0.05, 0) is 20.8 Å². The predicted octanol–water partition coefficient (Wildman–Crippen LogP) is -0.159. The molecule has 0 spiro atoms. The number of allylic oxidation sites excluding steroid dienone is 1. The molecule has 0 atom stereocenters. The van der Waals surface area contributed by atoms with Gasteiger partial charge in [-0.1, -0.05) is 6.08 Å². The molecule has 21 heteroatoms. The molecule has 0 aromatic carbocycles. The van der Waals surface area contributed by atoms with Gasteiger partial charge in [-0.3, -0.25) is 14.4 Å². The van der Waals surface area contributed by atoms with Crippen LogP contribution in [0.3, 0.4) is 0 Å². The van der Waals surface area contributed by atoms with Crippen LogP contribution in [0.25, 0.3) is 0 Å². The third-order valence-electron chi connectivity index (χ3n) is 6.70. The van der Waals surface area contributed by atoms with Crippen LogP contribution in [0, 0.1) is 45.3 Å². The van der Waals surface area contributed by atoms with Crippen LogP contribution in [0.15, 0.2) is 12.7 Å². The third-order valence-corrected chi connectivity index (χ3v) is 6.70. The number of nitrogens with zero attached hydrogens (tertiary/aromatic N) is 4. The van der Waals surface area contributed by atoms with Gasteiger partial charge in [0.2, 0.25) is 0 Å². The maximum absolute atomic E-state index is 11.3. The summed E-state index contributed by atoms with van der Waals surface area (Å²) in [4.78, 5) is 33.6. The standard InChI is InChI=1S/C18H33NO8.C13H20N4O3.C4H11NO3.C4H5N/c1-4-26-16(21)7-10-24-13-18(19,12-23-9-6-15(3)20)14-25-11-8-17(22)27-5-2;14-4-1-7-18-10-13(17,11-19-8-2-5-15)12-20-9-3-6-16;5-4(1-6,2-7)3-8;1-2-3-4-5/h4-14,19H2,1-3H3;1-3,7-12,17H2;6-8H,1-3,5H2;2H,1,3H2. The molecule has 0 saturated heterocycles. The molecular weight excluding hydrogens is 790 g/mol. The molecule has 21 nitrogen and oxygen atoms in total. The lowest BCUT2D eigenvalue weighted by molar-refractivity contribution is -0.145. The number of aliphatic hydroxyl groups excluding tert-OH is 3. The van der Waals surface area contributed by atoms with Gasteiger partial charge < -0.3 is 70.4 Å². The SMILES string of the molecule is C=CCC#N.CCOC(=O)CCOCC(N)(COCCC(C)=O)COCCC(=O)OCC.N#CCCOCC(N)(COCCC#N)COCCC#N.NC(CO)(CO)CO. The van der Waals surface area contributed by atoms with Crippen molar-refractivity contribution in [2.75, 3.05) is 112 Å². The average molecular weight is 860 g/mol. The number of aliphatic hydroxyl groups is 3. The molecule has 60 heavy (non-hydrogen) atoms. The van der Waals surface area contributed by atoms with E-state index in [1.165, 1.54) is 6.92 Å². The lowest BCUT2D eigenvalue weighted by Gasteiger charge is -2.28. The Morgan fingerprint density at radius 3 is 1.05 bits per heavy atom.